The van der Waals surface area contributed by atoms with E-state index in [0.29, 0.717) is 5.92 Å². The molecular formula is C13H13NO. The molecule has 0 N–H and O–H groups in total. The predicted molar refractivity (Wildman–Crippen MR) is 61.3 cm³/mol. The SMILES string of the molecule is CC1Cc2c1c1ccccc1n(C)c2=O. The third-order valence-corrected chi connectivity index (χ3v) is 3.45. The maximum Gasteiger partial charge on any atom is 0.254 e. The van der Waals surface area contributed by atoms with E-state index >= 15 is 0 Å². The van der Waals surface area contributed by atoms with Gasteiger partial charge in [-0.05, 0) is 24.0 Å². The average molecular weight is 199 g/mol. The van der Waals surface area contributed by atoms with Gasteiger partial charge in [0, 0.05) is 18.0 Å². The number of para-hydroxylation sites is 1. The highest BCUT2D eigenvalue weighted by molar-refractivity contribution is 5.85. The van der Waals surface area contributed by atoms with Gasteiger partial charge in [0.05, 0.1) is 5.52 Å². The number of benzene rings is 1. The van der Waals surface area contributed by atoms with Crippen molar-refractivity contribution in [3.63, 3.8) is 0 Å². The standard InChI is InChI=1S/C13H13NO/c1-8-7-10-12(8)9-5-3-4-6-11(9)14(2)13(10)15/h3-6,8H,7H2,1-2H3. The van der Waals surface area contributed by atoms with E-state index < -0.39 is 0 Å². The van der Waals surface area contributed by atoms with Crippen LogP contribution in [-0.2, 0) is 13.5 Å². The van der Waals surface area contributed by atoms with Gasteiger partial charge >= 0.3 is 0 Å². The summed E-state index contributed by atoms with van der Waals surface area (Å²) in [4.78, 5) is 12.0. The largest absolute Gasteiger partial charge is 0.311 e. The molecule has 1 unspecified atom stereocenters. The first-order valence-corrected chi connectivity index (χ1v) is 5.30. The highest BCUT2D eigenvalue weighted by atomic mass is 16.1. The summed E-state index contributed by atoms with van der Waals surface area (Å²) in [5.41, 5.74) is 3.52. The molecule has 1 atom stereocenters. The zero-order valence-electron chi connectivity index (χ0n) is 8.95. The molecule has 2 heteroatoms. The molecule has 3 rings (SSSR count). The monoisotopic (exact) mass is 199 g/mol. The quantitative estimate of drug-likeness (QED) is 0.637. The molecule has 76 valence electrons. The molecule has 1 aromatic heterocycles. The third-order valence-electron chi connectivity index (χ3n) is 3.45. The Hall–Kier alpha value is -1.57. The summed E-state index contributed by atoms with van der Waals surface area (Å²) in [5.74, 6) is 0.541. The molecule has 2 aromatic rings. The minimum absolute atomic E-state index is 0.182. The number of pyridine rings is 1. The summed E-state index contributed by atoms with van der Waals surface area (Å²) in [6.07, 6.45) is 0.937. The first-order valence-electron chi connectivity index (χ1n) is 5.30. The van der Waals surface area contributed by atoms with Crippen molar-refractivity contribution in [3.8, 4) is 0 Å². The van der Waals surface area contributed by atoms with Gasteiger partial charge in [-0.2, -0.15) is 0 Å². The molecule has 1 aliphatic carbocycles. The minimum Gasteiger partial charge on any atom is -0.311 e. The van der Waals surface area contributed by atoms with Gasteiger partial charge < -0.3 is 4.57 Å². The van der Waals surface area contributed by atoms with Gasteiger partial charge in [-0.3, -0.25) is 4.79 Å². The first-order chi connectivity index (χ1) is 7.20. The number of aromatic nitrogens is 1. The Bertz CT molecular complexity index is 610. The van der Waals surface area contributed by atoms with Crippen LogP contribution in [0.25, 0.3) is 10.9 Å². The minimum atomic E-state index is 0.182. The summed E-state index contributed by atoms with van der Waals surface area (Å²) in [6, 6.07) is 8.15. The molecule has 0 bridgehead atoms. The molecule has 1 aliphatic rings. The van der Waals surface area contributed by atoms with Gasteiger partial charge in [-0.25, -0.2) is 0 Å². The summed E-state index contributed by atoms with van der Waals surface area (Å²) in [6.45, 7) is 2.19. The van der Waals surface area contributed by atoms with Crippen LogP contribution in [0.15, 0.2) is 29.1 Å². The normalized spacial score (nSPS) is 18.7. The molecule has 15 heavy (non-hydrogen) atoms. The molecule has 0 saturated carbocycles. The average Bonchev–Trinajstić information content (AvgIpc) is 2.23. The number of rotatable bonds is 0. The topological polar surface area (TPSA) is 22.0 Å². The number of aryl methyl sites for hydroxylation is 1. The molecule has 0 aliphatic heterocycles. The molecule has 0 amide bonds. The summed E-state index contributed by atoms with van der Waals surface area (Å²) in [7, 11) is 1.86. The van der Waals surface area contributed by atoms with E-state index in [-0.39, 0.29) is 5.56 Å². The Balaban J connectivity index is 2.57. The van der Waals surface area contributed by atoms with Crippen molar-refractivity contribution in [1.29, 1.82) is 0 Å². The van der Waals surface area contributed by atoms with Crippen LogP contribution in [0, 0.1) is 0 Å². The fraction of sp³-hybridized carbons (Fsp3) is 0.308. The molecule has 1 heterocycles. The van der Waals surface area contributed by atoms with Crippen LogP contribution in [0.1, 0.15) is 24.0 Å². The highest BCUT2D eigenvalue weighted by Crippen LogP contribution is 2.37. The lowest BCUT2D eigenvalue weighted by atomic mass is 9.77. The van der Waals surface area contributed by atoms with Crippen LogP contribution < -0.4 is 5.56 Å². The molecule has 0 fully saturated rings. The van der Waals surface area contributed by atoms with Crippen molar-refractivity contribution in [3.05, 3.63) is 45.7 Å². The molecule has 0 spiro atoms. The van der Waals surface area contributed by atoms with Crippen molar-refractivity contribution in [2.24, 2.45) is 7.05 Å². The van der Waals surface area contributed by atoms with E-state index in [1.165, 1.54) is 10.9 Å². The van der Waals surface area contributed by atoms with Gasteiger partial charge in [-0.1, -0.05) is 25.1 Å². The Morgan fingerprint density at radius 1 is 1.33 bits per heavy atom. The van der Waals surface area contributed by atoms with Crippen molar-refractivity contribution < 1.29 is 0 Å². The van der Waals surface area contributed by atoms with Crippen molar-refractivity contribution >= 4 is 10.9 Å². The second-order valence-electron chi connectivity index (χ2n) is 4.38. The lowest BCUT2D eigenvalue weighted by Crippen LogP contribution is -2.31. The van der Waals surface area contributed by atoms with Crippen LogP contribution in [0.2, 0.25) is 0 Å². The Morgan fingerprint density at radius 2 is 2.07 bits per heavy atom. The van der Waals surface area contributed by atoms with Crippen molar-refractivity contribution in [2.45, 2.75) is 19.3 Å². The van der Waals surface area contributed by atoms with Crippen LogP contribution in [-0.4, -0.2) is 4.57 Å². The van der Waals surface area contributed by atoms with Crippen LogP contribution in [0.5, 0.6) is 0 Å². The Kier molecular flexibility index (Phi) is 1.58. The van der Waals surface area contributed by atoms with E-state index in [9.17, 15) is 4.79 Å². The van der Waals surface area contributed by atoms with E-state index in [1.54, 1.807) is 4.57 Å². The Morgan fingerprint density at radius 3 is 2.80 bits per heavy atom. The number of fused-ring (bicyclic) bond motifs is 3. The number of nitrogens with zero attached hydrogens (tertiary/aromatic N) is 1. The number of hydrogen-bond donors (Lipinski definition) is 0. The smallest absolute Gasteiger partial charge is 0.254 e. The van der Waals surface area contributed by atoms with Crippen LogP contribution >= 0.6 is 0 Å². The van der Waals surface area contributed by atoms with E-state index in [0.717, 1.165) is 17.5 Å². The molecule has 1 aromatic carbocycles. The zero-order chi connectivity index (χ0) is 10.6. The van der Waals surface area contributed by atoms with Gasteiger partial charge in [0.25, 0.3) is 5.56 Å². The van der Waals surface area contributed by atoms with E-state index in [2.05, 4.69) is 13.0 Å². The summed E-state index contributed by atoms with van der Waals surface area (Å²) >= 11 is 0. The molecule has 0 saturated heterocycles. The van der Waals surface area contributed by atoms with E-state index in [1.807, 2.05) is 25.2 Å². The first kappa shape index (κ1) is 8.72. The fourth-order valence-corrected chi connectivity index (χ4v) is 2.62. The van der Waals surface area contributed by atoms with Gasteiger partial charge in [0.15, 0.2) is 0 Å². The summed E-state index contributed by atoms with van der Waals surface area (Å²) in [5, 5.41) is 1.24. The third kappa shape index (κ3) is 0.965. The highest BCUT2D eigenvalue weighted by Gasteiger charge is 2.28. The van der Waals surface area contributed by atoms with Crippen molar-refractivity contribution in [1.82, 2.24) is 4.57 Å². The van der Waals surface area contributed by atoms with Gasteiger partial charge in [0.2, 0.25) is 0 Å². The lowest BCUT2D eigenvalue weighted by Gasteiger charge is -2.28. The number of hydrogen-bond acceptors (Lipinski definition) is 1. The lowest BCUT2D eigenvalue weighted by molar-refractivity contribution is 0.650. The Labute approximate surface area is 88.2 Å². The maximum atomic E-state index is 12.0. The summed E-state index contributed by atoms with van der Waals surface area (Å²) < 4.78 is 1.76. The molecule has 2 nitrogen and oxygen atoms in total. The van der Waals surface area contributed by atoms with E-state index in [4.69, 9.17) is 0 Å². The fourth-order valence-electron chi connectivity index (χ4n) is 2.62. The second-order valence-corrected chi connectivity index (χ2v) is 4.38. The predicted octanol–water partition coefficient (Wildman–Crippen LogP) is 2.20. The molecular weight excluding hydrogens is 186 g/mol. The van der Waals surface area contributed by atoms with Gasteiger partial charge in [-0.15, -0.1) is 0 Å². The van der Waals surface area contributed by atoms with Crippen LogP contribution in [0.4, 0.5) is 0 Å². The van der Waals surface area contributed by atoms with Crippen LogP contribution in [0.3, 0.4) is 0 Å². The second kappa shape index (κ2) is 2.72. The van der Waals surface area contributed by atoms with Crippen molar-refractivity contribution in [2.75, 3.05) is 0 Å². The maximum absolute atomic E-state index is 12.0. The molecule has 0 radical (unpaired) electrons. The van der Waals surface area contributed by atoms with Gasteiger partial charge in [0.1, 0.15) is 0 Å². The zero-order valence-corrected chi connectivity index (χ0v) is 8.95.